The van der Waals surface area contributed by atoms with Crippen LogP contribution < -0.4 is 0 Å². The van der Waals surface area contributed by atoms with Crippen molar-refractivity contribution in [2.45, 2.75) is 19.9 Å². The highest BCUT2D eigenvalue weighted by Crippen LogP contribution is 2.16. The Bertz CT molecular complexity index is 311. The Kier molecular flexibility index (Phi) is 6.54. The molecular formula is C12H16Br2FN. The summed E-state index contributed by atoms with van der Waals surface area (Å²) in [4.78, 5) is 2.31. The monoisotopic (exact) mass is 351 g/mol. The molecular weight excluding hydrogens is 337 g/mol. The van der Waals surface area contributed by atoms with E-state index in [0.29, 0.717) is 0 Å². The van der Waals surface area contributed by atoms with Gasteiger partial charge < -0.3 is 0 Å². The molecule has 0 fully saturated rings. The smallest absolute Gasteiger partial charge is 0.124 e. The van der Waals surface area contributed by atoms with Crippen LogP contribution in [0.4, 0.5) is 4.39 Å². The van der Waals surface area contributed by atoms with E-state index in [1.54, 1.807) is 6.07 Å². The maximum absolute atomic E-state index is 13.2. The van der Waals surface area contributed by atoms with Crippen LogP contribution >= 0.6 is 31.9 Å². The molecule has 0 saturated heterocycles. The first-order valence-corrected chi connectivity index (χ1v) is 7.30. The largest absolute Gasteiger partial charge is 0.299 e. The van der Waals surface area contributed by atoms with Crippen LogP contribution in [0.2, 0.25) is 0 Å². The molecule has 0 bridgehead atoms. The summed E-state index contributed by atoms with van der Waals surface area (Å²) in [5, 5.41) is 1.01. The second kappa shape index (κ2) is 7.41. The molecule has 0 aromatic heterocycles. The van der Waals surface area contributed by atoms with Crippen molar-refractivity contribution in [3.05, 3.63) is 34.1 Å². The molecule has 0 aliphatic carbocycles. The van der Waals surface area contributed by atoms with Crippen molar-refractivity contribution in [2.75, 3.05) is 18.4 Å². The first kappa shape index (κ1) is 14.1. The molecule has 0 spiro atoms. The number of halogens is 3. The lowest BCUT2D eigenvalue weighted by atomic mass is 10.2. The zero-order chi connectivity index (χ0) is 12.0. The maximum atomic E-state index is 13.2. The third-order valence-electron chi connectivity index (χ3n) is 2.38. The highest BCUT2D eigenvalue weighted by Gasteiger charge is 2.05. The molecule has 90 valence electrons. The van der Waals surface area contributed by atoms with Crippen LogP contribution in [-0.4, -0.2) is 23.3 Å². The first-order chi connectivity index (χ1) is 7.65. The fourth-order valence-electron chi connectivity index (χ4n) is 1.59. The fraction of sp³-hybridized carbons (Fsp3) is 0.500. The summed E-state index contributed by atoms with van der Waals surface area (Å²) in [6.45, 7) is 4.96. The Balaban J connectivity index is 2.62. The lowest BCUT2D eigenvalue weighted by Crippen LogP contribution is -2.24. The summed E-state index contributed by atoms with van der Waals surface area (Å²) < 4.78 is 14.0. The van der Waals surface area contributed by atoms with Gasteiger partial charge in [0, 0.05) is 16.3 Å². The summed E-state index contributed by atoms with van der Waals surface area (Å²) >= 11 is 6.73. The summed E-state index contributed by atoms with van der Waals surface area (Å²) in [6, 6.07) is 5.06. The molecule has 0 aliphatic rings. The van der Waals surface area contributed by atoms with Gasteiger partial charge in [-0.25, -0.2) is 4.39 Å². The summed E-state index contributed by atoms with van der Waals surface area (Å²) in [5.41, 5.74) is 1.02. The van der Waals surface area contributed by atoms with Crippen molar-refractivity contribution >= 4 is 31.9 Å². The molecule has 0 atom stereocenters. The van der Waals surface area contributed by atoms with Gasteiger partial charge in [-0.15, -0.1) is 0 Å². The minimum absolute atomic E-state index is 0.180. The molecule has 0 unspecified atom stereocenters. The van der Waals surface area contributed by atoms with Gasteiger partial charge in [0.25, 0.3) is 0 Å². The van der Waals surface area contributed by atoms with Gasteiger partial charge in [0.15, 0.2) is 0 Å². The van der Waals surface area contributed by atoms with Crippen LogP contribution in [0.5, 0.6) is 0 Å². The summed E-state index contributed by atoms with van der Waals surface area (Å²) in [6.07, 6.45) is 1.12. The Morgan fingerprint density at radius 3 is 2.62 bits per heavy atom. The molecule has 1 aromatic carbocycles. The van der Waals surface area contributed by atoms with Crippen LogP contribution in [0.15, 0.2) is 22.7 Å². The number of rotatable bonds is 6. The van der Waals surface area contributed by atoms with Crippen LogP contribution in [0.1, 0.15) is 18.9 Å². The Labute approximate surface area is 113 Å². The molecule has 16 heavy (non-hydrogen) atoms. The second-order valence-electron chi connectivity index (χ2n) is 3.69. The van der Waals surface area contributed by atoms with Crippen LogP contribution in [0.3, 0.4) is 0 Å². The average molecular weight is 353 g/mol. The van der Waals surface area contributed by atoms with Gasteiger partial charge in [-0.05, 0) is 43.3 Å². The third-order valence-corrected chi connectivity index (χ3v) is 3.40. The van der Waals surface area contributed by atoms with Crippen LogP contribution in [0.25, 0.3) is 0 Å². The standard InChI is InChI=1S/C12H16Br2FN/c1-2-16(5-3-4-13)9-10-6-11(14)8-12(15)7-10/h6-8H,2-5,9H2,1H3. The molecule has 4 heteroatoms. The fourth-order valence-corrected chi connectivity index (χ4v) is 2.36. The van der Waals surface area contributed by atoms with E-state index < -0.39 is 0 Å². The molecule has 0 heterocycles. The molecule has 1 nitrogen and oxygen atoms in total. The molecule has 0 N–H and O–H groups in total. The zero-order valence-electron chi connectivity index (χ0n) is 9.35. The molecule has 1 rings (SSSR count). The second-order valence-corrected chi connectivity index (χ2v) is 5.40. The van der Waals surface area contributed by atoms with Crippen LogP contribution in [-0.2, 0) is 6.54 Å². The molecule has 0 aliphatic heterocycles. The molecule has 1 aromatic rings. The van der Waals surface area contributed by atoms with E-state index in [0.717, 1.165) is 41.4 Å². The number of benzene rings is 1. The molecule has 0 amide bonds. The predicted octanol–water partition coefficient (Wildman–Crippen LogP) is 4.20. The van der Waals surface area contributed by atoms with Crippen LogP contribution in [0, 0.1) is 5.82 Å². The van der Waals surface area contributed by atoms with Gasteiger partial charge in [-0.1, -0.05) is 38.8 Å². The van der Waals surface area contributed by atoms with Crippen molar-refractivity contribution in [3.8, 4) is 0 Å². The minimum atomic E-state index is -0.180. The SMILES string of the molecule is CCN(CCCBr)Cc1cc(F)cc(Br)c1. The van der Waals surface area contributed by atoms with E-state index >= 15 is 0 Å². The van der Waals surface area contributed by atoms with Crippen molar-refractivity contribution in [1.82, 2.24) is 4.90 Å². The number of hydrogen-bond acceptors (Lipinski definition) is 1. The Hall–Kier alpha value is 0.0700. The topological polar surface area (TPSA) is 3.24 Å². The predicted molar refractivity (Wildman–Crippen MR) is 73.5 cm³/mol. The number of alkyl halides is 1. The lowest BCUT2D eigenvalue weighted by Gasteiger charge is -2.20. The van der Waals surface area contributed by atoms with Gasteiger partial charge in [-0.3, -0.25) is 4.90 Å². The van der Waals surface area contributed by atoms with Gasteiger partial charge >= 0.3 is 0 Å². The average Bonchev–Trinajstić information content (AvgIpc) is 2.22. The summed E-state index contributed by atoms with van der Waals surface area (Å²) in [5.74, 6) is -0.180. The Morgan fingerprint density at radius 2 is 2.06 bits per heavy atom. The lowest BCUT2D eigenvalue weighted by molar-refractivity contribution is 0.281. The Morgan fingerprint density at radius 1 is 1.31 bits per heavy atom. The van der Waals surface area contributed by atoms with Gasteiger partial charge in [-0.2, -0.15) is 0 Å². The van der Waals surface area contributed by atoms with Gasteiger partial charge in [0.1, 0.15) is 5.82 Å². The zero-order valence-corrected chi connectivity index (χ0v) is 12.5. The van der Waals surface area contributed by atoms with E-state index in [1.165, 1.54) is 6.07 Å². The molecule has 0 radical (unpaired) electrons. The van der Waals surface area contributed by atoms with Gasteiger partial charge in [0.2, 0.25) is 0 Å². The van der Waals surface area contributed by atoms with Gasteiger partial charge in [0.05, 0.1) is 0 Å². The highest BCUT2D eigenvalue weighted by molar-refractivity contribution is 9.10. The quantitative estimate of drug-likeness (QED) is 0.693. The van der Waals surface area contributed by atoms with E-state index in [4.69, 9.17) is 0 Å². The van der Waals surface area contributed by atoms with Crippen molar-refractivity contribution < 1.29 is 4.39 Å². The van der Waals surface area contributed by atoms with E-state index in [1.807, 2.05) is 6.07 Å². The number of nitrogens with zero attached hydrogens (tertiary/aromatic N) is 1. The highest BCUT2D eigenvalue weighted by atomic mass is 79.9. The molecule has 0 saturated carbocycles. The van der Waals surface area contributed by atoms with E-state index in [9.17, 15) is 4.39 Å². The normalized spacial score (nSPS) is 11.1. The summed E-state index contributed by atoms with van der Waals surface area (Å²) in [7, 11) is 0. The third kappa shape index (κ3) is 4.93. The van der Waals surface area contributed by atoms with Crippen molar-refractivity contribution in [2.24, 2.45) is 0 Å². The maximum Gasteiger partial charge on any atom is 0.124 e. The number of hydrogen-bond donors (Lipinski definition) is 0. The van der Waals surface area contributed by atoms with Crippen molar-refractivity contribution in [1.29, 1.82) is 0 Å². The minimum Gasteiger partial charge on any atom is -0.299 e. The van der Waals surface area contributed by atoms with E-state index in [-0.39, 0.29) is 5.82 Å². The first-order valence-electron chi connectivity index (χ1n) is 5.39. The van der Waals surface area contributed by atoms with E-state index in [2.05, 4.69) is 43.7 Å². The van der Waals surface area contributed by atoms with Crippen molar-refractivity contribution in [3.63, 3.8) is 0 Å².